The topological polar surface area (TPSA) is 54.7 Å². The van der Waals surface area contributed by atoms with E-state index < -0.39 is 30.0 Å². The molecule has 0 amide bonds. The van der Waals surface area contributed by atoms with Crippen LogP contribution in [0.25, 0.3) is 0 Å². The third kappa shape index (κ3) is 2.00. The number of nitrogens with one attached hydrogen (secondary N) is 1. The monoisotopic (exact) mass is 215 g/mol. The van der Waals surface area contributed by atoms with Crippen molar-refractivity contribution in [1.82, 2.24) is 10.2 Å². The molecule has 0 aliphatic carbocycles. The Labute approximate surface area is 75.1 Å². The van der Waals surface area contributed by atoms with Gasteiger partial charge in [-0.05, 0) is 6.07 Å². The normalized spacial score (nSPS) is 13.3. The lowest BCUT2D eigenvalue weighted by molar-refractivity contribution is -0.141. The van der Waals surface area contributed by atoms with Crippen LogP contribution in [0.15, 0.2) is 6.07 Å². The number of halogens is 5. The van der Waals surface area contributed by atoms with Crippen LogP contribution < -0.4 is 5.73 Å². The second-order valence-electron chi connectivity index (χ2n) is 2.57. The van der Waals surface area contributed by atoms with Crippen molar-refractivity contribution in [1.29, 1.82) is 0 Å². The van der Waals surface area contributed by atoms with Crippen LogP contribution in [0.1, 0.15) is 11.4 Å². The van der Waals surface area contributed by atoms with Crippen molar-refractivity contribution >= 4 is 0 Å². The van der Waals surface area contributed by atoms with E-state index in [1.807, 2.05) is 0 Å². The van der Waals surface area contributed by atoms with Crippen molar-refractivity contribution in [3.63, 3.8) is 0 Å². The Morgan fingerprint density at radius 3 is 2.21 bits per heavy atom. The van der Waals surface area contributed by atoms with Gasteiger partial charge in [0.25, 0.3) is 0 Å². The largest absolute Gasteiger partial charge is 0.432 e. The predicted octanol–water partition coefficient (Wildman–Crippen LogP) is 1.48. The van der Waals surface area contributed by atoms with Crippen LogP contribution in [0.4, 0.5) is 22.0 Å². The Balaban J connectivity index is 3.00. The first-order chi connectivity index (χ1) is 6.27. The molecule has 0 aliphatic rings. The highest BCUT2D eigenvalue weighted by Crippen LogP contribution is 2.31. The maximum Gasteiger partial charge on any atom is 0.432 e. The summed E-state index contributed by atoms with van der Waals surface area (Å²) in [4.78, 5) is 0. The summed E-state index contributed by atoms with van der Waals surface area (Å²) < 4.78 is 61.3. The lowest BCUT2D eigenvalue weighted by atomic mass is 10.2. The number of rotatable bonds is 2. The Hall–Kier alpha value is -1.18. The highest BCUT2D eigenvalue weighted by molar-refractivity contribution is 5.16. The Morgan fingerprint density at radius 2 is 1.86 bits per heavy atom. The molecule has 1 aromatic heterocycles. The van der Waals surface area contributed by atoms with Gasteiger partial charge >= 0.3 is 12.1 Å². The molecule has 14 heavy (non-hydrogen) atoms. The van der Waals surface area contributed by atoms with Gasteiger partial charge < -0.3 is 5.73 Å². The highest BCUT2D eigenvalue weighted by atomic mass is 19.4. The average Bonchev–Trinajstić information content (AvgIpc) is 2.51. The minimum Gasteiger partial charge on any atom is -0.325 e. The quantitative estimate of drug-likeness (QED) is 0.734. The molecule has 0 unspecified atom stereocenters. The smallest absolute Gasteiger partial charge is 0.325 e. The predicted molar refractivity (Wildman–Crippen MR) is 36.5 cm³/mol. The molecule has 3 nitrogen and oxygen atoms in total. The molecule has 80 valence electrons. The minimum absolute atomic E-state index is 0.243. The third-order valence-electron chi connectivity index (χ3n) is 1.51. The third-order valence-corrected chi connectivity index (χ3v) is 1.51. The van der Waals surface area contributed by atoms with Crippen molar-refractivity contribution in [2.45, 2.75) is 12.1 Å². The first-order valence-electron chi connectivity index (χ1n) is 3.48. The van der Waals surface area contributed by atoms with E-state index in [2.05, 4.69) is 10.8 Å². The zero-order chi connectivity index (χ0) is 11.0. The Bertz CT molecular complexity index is 316. The highest BCUT2D eigenvalue weighted by Gasteiger charge is 2.38. The molecule has 0 spiro atoms. The number of nitrogens with zero attached hydrogens (tertiary/aromatic N) is 1. The summed E-state index contributed by atoms with van der Waals surface area (Å²) in [6, 6.07) is 0.243. The van der Waals surface area contributed by atoms with Crippen LogP contribution in [-0.4, -0.2) is 16.7 Å². The second kappa shape index (κ2) is 3.19. The number of alkyl halides is 5. The molecule has 0 saturated carbocycles. The summed E-state index contributed by atoms with van der Waals surface area (Å²) in [5.74, 6) is -3.54. The molecule has 0 aromatic carbocycles. The molecule has 0 fully saturated rings. The number of hydrogen-bond donors (Lipinski definition) is 2. The number of aromatic amines is 1. The van der Waals surface area contributed by atoms with Crippen molar-refractivity contribution in [2.24, 2.45) is 5.73 Å². The van der Waals surface area contributed by atoms with E-state index >= 15 is 0 Å². The van der Waals surface area contributed by atoms with Crippen molar-refractivity contribution < 1.29 is 22.0 Å². The van der Waals surface area contributed by atoms with Crippen LogP contribution in [0.5, 0.6) is 0 Å². The van der Waals surface area contributed by atoms with E-state index in [9.17, 15) is 22.0 Å². The summed E-state index contributed by atoms with van der Waals surface area (Å²) in [5.41, 5.74) is 2.35. The summed E-state index contributed by atoms with van der Waals surface area (Å²) in [6.07, 6.45) is -4.71. The van der Waals surface area contributed by atoms with Gasteiger partial charge in [-0.3, -0.25) is 5.10 Å². The van der Waals surface area contributed by atoms with E-state index in [-0.39, 0.29) is 6.07 Å². The van der Waals surface area contributed by atoms with Gasteiger partial charge in [0.1, 0.15) is 11.4 Å². The second-order valence-corrected chi connectivity index (χ2v) is 2.57. The van der Waals surface area contributed by atoms with Gasteiger partial charge in [0, 0.05) is 0 Å². The minimum atomic E-state index is -4.71. The van der Waals surface area contributed by atoms with Gasteiger partial charge in [-0.1, -0.05) is 0 Å². The van der Waals surface area contributed by atoms with Crippen molar-refractivity contribution in [3.8, 4) is 0 Å². The molecule has 0 atom stereocenters. The lowest BCUT2D eigenvalue weighted by Gasteiger charge is -2.09. The van der Waals surface area contributed by atoms with E-state index in [0.717, 1.165) is 0 Å². The fraction of sp³-hybridized carbons (Fsp3) is 0.500. The summed E-state index contributed by atoms with van der Waals surface area (Å²) in [5, 5.41) is 4.33. The van der Waals surface area contributed by atoms with Crippen LogP contribution in [0.3, 0.4) is 0 Å². The van der Waals surface area contributed by atoms with Gasteiger partial charge in [-0.2, -0.15) is 27.1 Å². The van der Waals surface area contributed by atoms with Gasteiger partial charge in [-0.15, -0.1) is 0 Å². The van der Waals surface area contributed by atoms with E-state index in [1.54, 1.807) is 0 Å². The molecule has 0 saturated heterocycles. The maximum absolute atomic E-state index is 12.7. The van der Waals surface area contributed by atoms with Crippen LogP contribution in [-0.2, 0) is 12.1 Å². The molecule has 1 aromatic rings. The van der Waals surface area contributed by atoms with Gasteiger partial charge in [0.15, 0.2) is 0 Å². The lowest BCUT2D eigenvalue weighted by Crippen LogP contribution is -2.25. The zero-order valence-corrected chi connectivity index (χ0v) is 6.70. The van der Waals surface area contributed by atoms with Gasteiger partial charge in [0.2, 0.25) is 0 Å². The SMILES string of the molecule is NCC(F)(F)c1cc(C(F)(F)F)[nH]n1. The molecule has 3 N–H and O–H groups in total. The van der Waals surface area contributed by atoms with E-state index in [1.165, 1.54) is 5.10 Å². The first-order valence-corrected chi connectivity index (χ1v) is 3.48. The molecule has 1 rings (SSSR count). The Morgan fingerprint density at radius 1 is 1.29 bits per heavy atom. The fourth-order valence-corrected chi connectivity index (χ4v) is 0.759. The van der Waals surface area contributed by atoms with Crippen LogP contribution >= 0.6 is 0 Å². The van der Waals surface area contributed by atoms with Crippen molar-refractivity contribution in [2.75, 3.05) is 6.54 Å². The molecule has 0 radical (unpaired) electrons. The molecule has 0 aliphatic heterocycles. The molecule has 1 heterocycles. The zero-order valence-electron chi connectivity index (χ0n) is 6.70. The maximum atomic E-state index is 12.7. The standard InChI is InChI=1S/C6H6F5N3/c7-5(8,2-12)3-1-4(14-13-3)6(9,10)11/h1H,2,12H2,(H,13,14). The van der Waals surface area contributed by atoms with Crippen LogP contribution in [0, 0.1) is 0 Å². The van der Waals surface area contributed by atoms with Crippen molar-refractivity contribution in [3.05, 3.63) is 17.5 Å². The number of hydrogen-bond acceptors (Lipinski definition) is 2. The molecule has 0 bridgehead atoms. The Kier molecular flexibility index (Phi) is 2.49. The fourth-order valence-electron chi connectivity index (χ4n) is 0.759. The molecular weight excluding hydrogens is 209 g/mol. The van der Waals surface area contributed by atoms with Crippen LogP contribution in [0.2, 0.25) is 0 Å². The molecule has 8 heteroatoms. The summed E-state index contributed by atoms with van der Waals surface area (Å²) >= 11 is 0. The van der Waals surface area contributed by atoms with E-state index in [4.69, 9.17) is 0 Å². The number of H-pyrrole nitrogens is 1. The number of nitrogens with two attached hydrogens (primary N) is 1. The summed E-state index contributed by atoms with van der Waals surface area (Å²) in [7, 11) is 0. The molecular formula is C6H6F5N3. The summed E-state index contributed by atoms with van der Waals surface area (Å²) in [6.45, 7) is -1.09. The van der Waals surface area contributed by atoms with Gasteiger partial charge in [0.05, 0.1) is 6.54 Å². The van der Waals surface area contributed by atoms with E-state index in [0.29, 0.717) is 0 Å². The van der Waals surface area contributed by atoms with Gasteiger partial charge in [-0.25, -0.2) is 0 Å². The number of aromatic nitrogens is 2. The first kappa shape index (κ1) is 10.9. The average molecular weight is 215 g/mol.